The summed E-state index contributed by atoms with van der Waals surface area (Å²) in [5, 5.41) is 12.7. The van der Waals surface area contributed by atoms with Crippen molar-refractivity contribution in [3.05, 3.63) is 30.2 Å². The molecule has 2 aromatic rings. The van der Waals surface area contributed by atoms with E-state index in [0.29, 0.717) is 6.42 Å². The lowest BCUT2D eigenvalue weighted by Gasteiger charge is -1.97. The summed E-state index contributed by atoms with van der Waals surface area (Å²) in [6.45, 7) is 0.147. The van der Waals surface area contributed by atoms with Crippen LogP contribution in [-0.2, 0) is 6.42 Å². The molecule has 2 rings (SSSR count). The largest absolute Gasteiger partial charge is 0.396 e. The minimum atomic E-state index is 0.147. The average molecular weight is 163 g/mol. The minimum absolute atomic E-state index is 0.147. The van der Waals surface area contributed by atoms with Gasteiger partial charge in [0.25, 0.3) is 0 Å². The van der Waals surface area contributed by atoms with E-state index in [1.165, 1.54) is 0 Å². The summed E-state index contributed by atoms with van der Waals surface area (Å²) in [5.74, 6) is 0. The fraction of sp³-hybridized carbons (Fsp3) is 0.250. The number of aliphatic hydroxyl groups is 1. The van der Waals surface area contributed by atoms with Crippen molar-refractivity contribution >= 4 is 5.65 Å². The molecular formula is C8H9N3O. The van der Waals surface area contributed by atoms with Gasteiger partial charge in [-0.1, -0.05) is 0 Å². The summed E-state index contributed by atoms with van der Waals surface area (Å²) < 4.78 is 1.70. The number of nitrogens with zero attached hydrogens (tertiary/aromatic N) is 3. The van der Waals surface area contributed by atoms with Crippen molar-refractivity contribution in [2.75, 3.05) is 6.61 Å². The monoisotopic (exact) mass is 163 g/mol. The van der Waals surface area contributed by atoms with Gasteiger partial charge < -0.3 is 5.11 Å². The van der Waals surface area contributed by atoms with Crippen molar-refractivity contribution in [1.82, 2.24) is 14.6 Å². The molecule has 0 fully saturated rings. The van der Waals surface area contributed by atoms with Crippen LogP contribution >= 0.6 is 0 Å². The van der Waals surface area contributed by atoms with Gasteiger partial charge in [-0.05, 0) is 12.0 Å². The van der Waals surface area contributed by atoms with Crippen LogP contribution in [0.1, 0.15) is 5.56 Å². The Balaban J connectivity index is 2.46. The molecule has 0 spiro atoms. The van der Waals surface area contributed by atoms with E-state index in [9.17, 15) is 0 Å². The zero-order chi connectivity index (χ0) is 8.39. The van der Waals surface area contributed by atoms with Crippen LogP contribution in [0.15, 0.2) is 24.7 Å². The molecule has 0 saturated heterocycles. The molecule has 0 amide bonds. The normalized spacial score (nSPS) is 10.8. The standard InChI is InChI=1S/C8H9N3O/c12-4-2-7-5-9-8-1-3-10-11(8)6-7/h1,3,5-6,12H,2,4H2. The van der Waals surface area contributed by atoms with Crippen LogP contribution in [0, 0.1) is 0 Å². The second-order valence-electron chi connectivity index (χ2n) is 2.57. The summed E-state index contributed by atoms with van der Waals surface area (Å²) in [6.07, 6.45) is 5.96. The molecule has 1 N–H and O–H groups in total. The van der Waals surface area contributed by atoms with E-state index in [-0.39, 0.29) is 6.61 Å². The van der Waals surface area contributed by atoms with Gasteiger partial charge in [0.05, 0.1) is 6.20 Å². The number of fused-ring (bicyclic) bond motifs is 1. The third-order valence-electron chi connectivity index (χ3n) is 1.70. The molecule has 4 heteroatoms. The molecule has 2 heterocycles. The minimum Gasteiger partial charge on any atom is -0.396 e. The fourth-order valence-electron chi connectivity index (χ4n) is 1.11. The molecule has 2 aromatic heterocycles. The highest BCUT2D eigenvalue weighted by Crippen LogP contribution is 2.01. The smallest absolute Gasteiger partial charge is 0.154 e. The Hall–Kier alpha value is -1.42. The third-order valence-corrected chi connectivity index (χ3v) is 1.70. The van der Waals surface area contributed by atoms with E-state index in [4.69, 9.17) is 5.11 Å². The molecule has 12 heavy (non-hydrogen) atoms. The fourth-order valence-corrected chi connectivity index (χ4v) is 1.11. The number of aromatic nitrogens is 3. The van der Waals surface area contributed by atoms with E-state index in [1.807, 2.05) is 12.3 Å². The van der Waals surface area contributed by atoms with Crippen molar-refractivity contribution < 1.29 is 5.11 Å². The second kappa shape index (κ2) is 2.91. The molecule has 0 atom stereocenters. The molecule has 4 nitrogen and oxygen atoms in total. The maximum Gasteiger partial charge on any atom is 0.154 e. The van der Waals surface area contributed by atoms with Gasteiger partial charge in [0.15, 0.2) is 5.65 Å². The Morgan fingerprint density at radius 2 is 2.42 bits per heavy atom. The van der Waals surface area contributed by atoms with Crippen LogP contribution in [-0.4, -0.2) is 26.3 Å². The molecular weight excluding hydrogens is 154 g/mol. The first kappa shape index (κ1) is 7.24. The van der Waals surface area contributed by atoms with Gasteiger partial charge in [0.1, 0.15) is 0 Å². The molecule has 0 aromatic carbocycles. The Labute approximate surface area is 69.5 Å². The highest BCUT2D eigenvalue weighted by molar-refractivity contribution is 5.35. The van der Waals surface area contributed by atoms with E-state index < -0.39 is 0 Å². The van der Waals surface area contributed by atoms with Crippen molar-refractivity contribution in [2.45, 2.75) is 6.42 Å². The number of aliphatic hydroxyl groups excluding tert-OH is 1. The van der Waals surface area contributed by atoms with Gasteiger partial charge >= 0.3 is 0 Å². The molecule has 0 saturated carbocycles. The SMILES string of the molecule is OCCc1cnc2ccnn2c1. The number of rotatable bonds is 2. The van der Waals surface area contributed by atoms with Crippen LogP contribution < -0.4 is 0 Å². The van der Waals surface area contributed by atoms with Crippen LogP contribution in [0.2, 0.25) is 0 Å². The molecule has 0 aliphatic carbocycles. The van der Waals surface area contributed by atoms with Crippen LogP contribution in [0.25, 0.3) is 5.65 Å². The Morgan fingerprint density at radius 3 is 3.25 bits per heavy atom. The molecule has 0 bridgehead atoms. The van der Waals surface area contributed by atoms with Crippen LogP contribution in [0.5, 0.6) is 0 Å². The summed E-state index contributed by atoms with van der Waals surface area (Å²) in [5.41, 5.74) is 1.82. The third kappa shape index (κ3) is 1.16. The maximum atomic E-state index is 8.68. The maximum absolute atomic E-state index is 8.68. The second-order valence-corrected chi connectivity index (χ2v) is 2.57. The Morgan fingerprint density at radius 1 is 1.50 bits per heavy atom. The summed E-state index contributed by atoms with van der Waals surface area (Å²) in [4.78, 5) is 4.15. The number of hydrogen-bond acceptors (Lipinski definition) is 3. The van der Waals surface area contributed by atoms with E-state index in [0.717, 1.165) is 11.2 Å². The van der Waals surface area contributed by atoms with Gasteiger partial charge in [-0.25, -0.2) is 9.50 Å². The first-order valence-electron chi connectivity index (χ1n) is 3.79. The van der Waals surface area contributed by atoms with Gasteiger partial charge in [0, 0.05) is 25.1 Å². The molecule has 0 unspecified atom stereocenters. The van der Waals surface area contributed by atoms with Crippen LogP contribution in [0.3, 0.4) is 0 Å². The Bertz CT molecular complexity index is 382. The van der Waals surface area contributed by atoms with Crippen molar-refractivity contribution in [3.63, 3.8) is 0 Å². The van der Waals surface area contributed by atoms with E-state index in [1.54, 1.807) is 16.9 Å². The molecule has 0 aliphatic rings. The summed E-state index contributed by atoms with van der Waals surface area (Å²) >= 11 is 0. The zero-order valence-corrected chi connectivity index (χ0v) is 6.51. The highest BCUT2D eigenvalue weighted by atomic mass is 16.2. The molecule has 0 radical (unpaired) electrons. The summed E-state index contributed by atoms with van der Waals surface area (Å²) in [7, 11) is 0. The lowest BCUT2D eigenvalue weighted by Crippen LogP contribution is -1.96. The Kier molecular flexibility index (Phi) is 1.75. The zero-order valence-electron chi connectivity index (χ0n) is 6.51. The average Bonchev–Trinajstić information content (AvgIpc) is 2.51. The summed E-state index contributed by atoms with van der Waals surface area (Å²) in [6, 6.07) is 1.84. The van der Waals surface area contributed by atoms with Gasteiger partial charge in [-0.3, -0.25) is 0 Å². The quantitative estimate of drug-likeness (QED) is 0.691. The van der Waals surface area contributed by atoms with Crippen LogP contribution in [0.4, 0.5) is 0 Å². The van der Waals surface area contributed by atoms with E-state index in [2.05, 4.69) is 10.1 Å². The lowest BCUT2D eigenvalue weighted by atomic mass is 10.2. The number of hydrogen-bond donors (Lipinski definition) is 1. The van der Waals surface area contributed by atoms with E-state index >= 15 is 0 Å². The first-order chi connectivity index (χ1) is 5.90. The lowest BCUT2D eigenvalue weighted by molar-refractivity contribution is 0.299. The predicted octanol–water partition coefficient (Wildman–Crippen LogP) is 0.264. The topological polar surface area (TPSA) is 50.4 Å². The predicted molar refractivity (Wildman–Crippen MR) is 43.8 cm³/mol. The van der Waals surface area contributed by atoms with Crippen molar-refractivity contribution in [1.29, 1.82) is 0 Å². The highest BCUT2D eigenvalue weighted by Gasteiger charge is 1.96. The molecule has 62 valence electrons. The van der Waals surface area contributed by atoms with Gasteiger partial charge in [-0.15, -0.1) is 0 Å². The van der Waals surface area contributed by atoms with Crippen molar-refractivity contribution in [2.24, 2.45) is 0 Å². The van der Waals surface area contributed by atoms with Gasteiger partial charge in [0.2, 0.25) is 0 Å². The van der Waals surface area contributed by atoms with Gasteiger partial charge in [-0.2, -0.15) is 5.10 Å². The van der Waals surface area contributed by atoms with Crippen molar-refractivity contribution in [3.8, 4) is 0 Å². The molecule has 0 aliphatic heterocycles. The first-order valence-corrected chi connectivity index (χ1v) is 3.79.